The number of aliphatic carboxylic acids is 1. The predicted molar refractivity (Wildman–Crippen MR) is 75.2 cm³/mol. The van der Waals surface area contributed by atoms with Crippen molar-refractivity contribution in [3.05, 3.63) is 40.2 Å². The maximum absolute atomic E-state index is 11.6. The lowest BCUT2D eigenvalue weighted by Gasteiger charge is -2.21. The highest BCUT2D eigenvalue weighted by atomic mass is 16.4. The lowest BCUT2D eigenvalue weighted by molar-refractivity contribution is -0.142. The molecule has 110 valence electrons. The Labute approximate surface area is 120 Å². The largest absolute Gasteiger partial charge is 0.508 e. The van der Waals surface area contributed by atoms with Crippen molar-refractivity contribution < 1.29 is 19.4 Å². The van der Waals surface area contributed by atoms with Crippen molar-refractivity contribution in [2.75, 3.05) is 6.54 Å². The molecule has 1 aromatic heterocycles. The lowest BCUT2D eigenvalue weighted by Crippen LogP contribution is -2.35. The molecule has 2 N–H and O–H groups in total. The Morgan fingerprint density at radius 2 is 2.19 bits per heavy atom. The summed E-state index contributed by atoms with van der Waals surface area (Å²) in [6, 6.07) is 5.46. The number of rotatable bonds is 3. The first-order valence-corrected chi connectivity index (χ1v) is 6.77. The Kier molecular flexibility index (Phi) is 3.39. The second kappa shape index (κ2) is 5.21. The number of fused-ring (bicyclic) bond motifs is 1. The van der Waals surface area contributed by atoms with Gasteiger partial charge in [0, 0.05) is 24.1 Å². The molecule has 0 radical (unpaired) electrons. The molecule has 0 spiro atoms. The number of nitrogens with zero attached hydrogens (tertiary/aromatic N) is 1. The lowest BCUT2D eigenvalue weighted by atomic mass is 10.1. The monoisotopic (exact) mass is 289 g/mol. The number of benzene rings is 1. The van der Waals surface area contributed by atoms with Gasteiger partial charge in [-0.25, -0.2) is 4.79 Å². The smallest absolute Gasteiger partial charge is 0.336 e. The zero-order valence-electron chi connectivity index (χ0n) is 11.3. The first kappa shape index (κ1) is 13.6. The van der Waals surface area contributed by atoms with Crippen LogP contribution in [-0.4, -0.2) is 33.7 Å². The molecule has 1 atom stereocenters. The molecule has 3 rings (SSSR count). The number of carboxylic acids is 1. The zero-order valence-corrected chi connectivity index (χ0v) is 11.3. The molecule has 6 nitrogen and oxygen atoms in total. The first-order valence-electron chi connectivity index (χ1n) is 6.77. The minimum atomic E-state index is -0.836. The topological polar surface area (TPSA) is 91.0 Å². The molecule has 0 saturated carbocycles. The van der Waals surface area contributed by atoms with Crippen LogP contribution in [0.4, 0.5) is 0 Å². The number of likely N-dealkylation sites (tertiary alicyclic amines) is 1. The molecule has 6 heteroatoms. The van der Waals surface area contributed by atoms with Gasteiger partial charge < -0.3 is 14.6 Å². The van der Waals surface area contributed by atoms with Crippen LogP contribution >= 0.6 is 0 Å². The summed E-state index contributed by atoms with van der Waals surface area (Å²) in [5, 5.41) is 19.4. The summed E-state index contributed by atoms with van der Waals surface area (Å²) >= 11 is 0. The van der Waals surface area contributed by atoms with Crippen molar-refractivity contribution in [1.82, 2.24) is 4.90 Å². The molecule has 1 saturated heterocycles. The van der Waals surface area contributed by atoms with E-state index < -0.39 is 17.6 Å². The summed E-state index contributed by atoms with van der Waals surface area (Å²) in [6.07, 6.45) is 1.45. The molecule has 21 heavy (non-hydrogen) atoms. The van der Waals surface area contributed by atoms with Crippen molar-refractivity contribution in [3.63, 3.8) is 0 Å². The molecule has 1 fully saturated rings. The van der Waals surface area contributed by atoms with Crippen LogP contribution in [0, 0.1) is 0 Å². The van der Waals surface area contributed by atoms with Gasteiger partial charge in [-0.1, -0.05) is 0 Å². The molecule has 0 amide bonds. The summed E-state index contributed by atoms with van der Waals surface area (Å²) in [6.45, 7) is 1.07. The van der Waals surface area contributed by atoms with Crippen molar-refractivity contribution >= 4 is 16.9 Å². The average molecular weight is 289 g/mol. The molecule has 2 aromatic rings. The van der Waals surface area contributed by atoms with Gasteiger partial charge in [-0.15, -0.1) is 0 Å². The number of hydrogen-bond acceptors (Lipinski definition) is 5. The standard InChI is InChI=1S/C15H15NO5/c17-10-3-4-11-9(6-14(18)21-13(11)7-10)8-16-5-1-2-12(16)15(19)20/h3-4,6-7,12,17H,1-2,5,8H2,(H,19,20). The Bertz CT molecular complexity index is 751. The fraction of sp³-hybridized carbons (Fsp3) is 0.333. The Morgan fingerprint density at radius 3 is 2.95 bits per heavy atom. The van der Waals surface area contributed by atoms with Crippen molar-refractivity contribution in [3.8, 4) is 5.75 Å². The fourth-order valence-corrected chi connectivity index (χ4v) is 2.86. The zero-order chi connectivity index (χ0) is 15.0. The number of phenolic OH excluding ortho intramolecular Hbond substituents is 1. The van der Waals surface area contributed by atoms with Crippen LogP contribution in [0.15, 0.2) is 33.5 Å². The van der Waals surface area contributed by atoms with Gasteiger partial charge in [-0.3, -0.25) is 9.69 Å². The van der Waals surface area contributed by atoms with Gasteiger partial charge in [0.2, 0.25) is 0 Å². The van der Waals surface area contributed by atoms with Crippen LogP contribution < -0.4 is 5.63 Å². The van der Waals surface area contributed by atoms with Gasteiger partial charge in [-0.05, 0) is 37.1 Å². The second-order valence-electron chi connectivity index (χ2n) is 5.24. The Morgan fingerprint density at radius 1 is 1.38 bits per heavy atom. The van der Waals surface area contributed by atoms with E-state index in [0.29, 0.717) is 30.5 Å². The third kappa shape index (κ3) is 2.62. The molecular formula is C15H15NO5. The van der Waals surface area contributed by atoms with Crippen LogP contribution in [0.2, 0.25) is 0 Å². The van der Waals surface area contributed by atoms with Gasteiger partial charge in [0.05, 0.1) is 0 Å². The summed E-state index contributed by atoms with van der Waals surface area (Å²) in [5.74, 6) is -0.815. The number of aromatic hydroxyl groups is 1. The molecule has 1 aromatic carbocycles. The minimum absolute atomic E-state index is 0.0207. The summed E-state index contributed by atoms with van der Waals surface area (Å²) in [4.78, 5) is 24.7. The number of carboxylic acid groups (broad SMARTS) is 1. The molecule has 1 unspecified atom stereocenters. The van der Waals surface area contributed by atoms with E-state index in [0.717, 1.165) is 12.0 Å². The van der Waals surface area contributed by atoms with Crippen LogP contribution in [0.5, 0.6) is 5.75 Å². The van der Waals surface area contributed by atoms with Gasteiger partial charge in [0.1, 0.15) is 17.4 Å². The van der Waals surface area contributed by atoms with Gasteiger partial charge in [0.15, 0.2) is 0 Å². The third-order valence-electron chi connectivity index (χ3n) is 3.84. The second-order valence-corrected chi connectivity index (χ2v) is 5.24. The number of carbonyl (C=O) groups is 1. The summed E-state index contributed by atoms with van der Waals surface area (Å²) in [5.41, 5.74) is 0.521. The molecule has 1 aliphatic rings. The minimum Gasteiger partial charge on any atom is -0.508 e. The first-order chi connectivity index (χ1) is 10.0. The maximum atomic E-state index is 11.6. The molecule has 2 heterocycles. The van der Waals surface area contributed by atoms with E-state index in [9.17, 15) is 19.8 Å². The third-order valence-corrected chi connectivity index (χ3v) is 3.84. The van der Waals surface area contributed by atoms with Crippen molar-refractivity contribution in [2.24, 2.45) is 0 Å². The predicted octanol–water partition coefficient (Wildman–Crippen LogP) is 1.55. The van der Waals surface area contributed by atoms with Crippen LogP contribution in [0.1, 0.15) is 18.4 Å². The SMILES string of the molecule is O=C(O)C1CCCN1Cc1cc(=O)oc2cc(O)ccc12. The van der Waals surface area contributed by atoms with Crippen LogP contribution in [0.25, 0.3) is 11.0 Å². The number of phenols is 1. The van der Waals surface area contributed by atoms with E-state index in [1.807, 2.05) is 4.90 Å². The van der Waals surface area contributed by atoms with Gasteiger partial charge in [-0.2, -0.15) is 0 Å². The fourth-order valence-electron chi connectivity index (χ4n) is 2.86. The Balaban J connectivity index is 2.00. The van der Waals surface area contributed by atoms with Crippen LogP contribution in [-0.2, 0) is 11.3 Å². The van der Waals surface area contributed by atoms with Crippen molar-refractivity contribution in [1.29, 1.82) is 0 Å². The summed E-state index contributed by atoms with van der Waals surface area (Å²) in [7, 11) is 0. The molecule has 0 aliphatic carbocycles. The van der Waals surface area contributed by atoms with E-state index in [2.05, 4.69) is 0 Å². The number of hydrogen-bond donors (Lipinski definition) is 2. The van der Waals surface area contributed by atoms with Gasteiger partial charge >= 0.3 is 11.6 Å². The Hall–Kier alpha value is -2.34. The van der Waals surface area contributed by atoms with Gasteiger partial charge in [0.25, 0.3) is 0 Å². The van der Waals surface area contributed by atoms with E-state index in [1.54, 1.807) is 6.07 Å². The molecule has 0 bridgehead atoms. The summed E-state index contributed by atoms with van der Waals surface area (Å²) < 4.78 is 5.07. The quantitative estimate of drug-likeness (QED) is 0.833. The van der Waals surface area contributed by atoms with E-state index in [-0.39, 0.29) is 5.75 Å². The highest BCUT2D eigenvalue weighted by molar-refractivity contribution is 5.81. The van der Waals surface area contributed by atoms with Crippen molar-refractivity contribution in [2.45, 2.75) is 25.4 Å². The molecule has 1 aliphatic heterocycles. The normalized spacial score (nSPS) is 19.1. The van der Waals surface area contributed by atoms with Crippen LogP contribution in [0.3, 0.4) is 0 Å². The highest BCUT2D eigenvalue weighted by Crippen LogP contribution is 2.25. The van der Waals surface area contributed by atoms with E-state index in [1.165, 1.54) is 18.2 Å². The molecular weight excluding hydrogens is 274 g/mol. The maximum Gasteiger partial charge on any atom is 0.336 e. The van der Waals surface area contributed by atoms with E-state index >= 15 is 0 Å². The van der Waals surface area contributed by atoms with E-state index in [4.69, 9.17) is 4.42 Å². The highest BCUT2D eigenvalue weighted by Gasteiger charge is 2.30. The average Bonchev–Trinajstić information content (AvgIpc) is 2.86.